The fourth-order valence-corrected chi connectivity index (χ4v) is 0.909. The summed E-state index contributed by atoms with van der Waals surface area (Å²) in [7, 11) is -3.10. The standard InChI is InChI=1S/C4H9O4P.Ca.2H/c1-9(7,8)3-2-4(5)6;;;/h2-3H2,1H3,(H,5,6)(H,7,8);;;. The Morgan fingerprint density at radius 2 is 2.00 bits per heavy atom. The van der Waals surface area contributed by atoms with E-state index in [1.807, 2.05) is 0 Å². The molecular weight excluding hydrogens is 183 g/mol. The van der Waals surface area contributed by atoms with Crippen LogP contribution in [0.3, 0.4) is 0 Å². The minimum absolute atomic E-state index is 0. The van der Waals surface area contributed by atoms with Crippen LogP contribution in [-0.4, -0.2) is 66.5 Å². The van der Waals surface area contributed by atoms with Crippen molar-refractivity contribution < 1.29 is 19.4 Å². The first-order valence-electron chi connectivity index (χ1n) is 2.43. The Morgan fingerprint density at radius 3 is 2.10 bits per heavy atom. The van der Waals surface area contributed by atoms with Gasteiger partial charge in [-0.25, -0.2) is 0 Å². The molecule has 1 unspecified atom stereocenters. The molecule has 0 spiro atoms. The Balaban J connectivity index is 0. The van der Waals surface area contributed by atoms with Crippen molar-refractivity contribution in [1.29, 1.82) is 0 Å². The van der Waals surface area contributed by atoms with E-state index in [-0.39, 0.29) is 50.3 Å². The van der Waals surface area contributed by atoms with E-state index in [4.69, 9.17) is 10.00 Å². The minimum atomic E-state index is -3.10. The summed E-state index contributed by atoms with van der Waals surface area (Å²) in [6, 6.07) is 0. The average Bonchev–Trinajstić information content (AvgIpc) is 1.59. The van der Waals surface area contributed by atoms with Crippen LogP contribution in [0, 0.1) is 0 Å². The maximum atomic E-state index is 10.4. The maximum absolute atomic E-state index is 10.4. The van der Waals surface area contributed by atoms with Crippen molar-refractivity contribution in [1.82, 2.24) is 0 Å². The van der Waals surface area contributed by atoms with Crippen molar-refractivity contribution in [2.24, 2.45) is 0 Å². The van der Waals surface area contributed by atoms with Crippen molar-refractivity contribution in [3.8, 4) is 0 Å². The topological polar surface area (TPSA) is 74.6 Å². The van der Waals surface area contributed by atoms with Gasteiger partial charge in [0.25, 0.3) is 0 Å². The number of aliphatic carboxylic acids is 1. The van der Waals surface area contributed by atoms with Crippen molar-refractivity contribution in [3.63, 3.8) is 0 Å². The number of rotatable bonds is 3. The number of hydrogen-bond donors (Lipinski definition) is 2. The molecule has 0 aromatic carbocycles. The van der Waals surface area contributed by atoms with Crippen molar-refractivity contribution >= 4 is 51.1 Å². The van der Waals surface area contributed by atoms with Gasteiger partial charge in [-0.3, -0.25) is 9.36 Å². The van der Waals surface area contributed by atoms with Gasteiger partial charge in [-0.15, -0.1) is 0 Å². The average molecular weight is 194 g/mol. The SMILES string of the molecule is CP(=O)(O)CCC(=O)O.[CaH2]. The summed E-state index contributed by atoms with van der Waals surface area (Å²) in [5, 5.41) is 8.04. The van der Waals surface area contributed by atoms with E-state index in [0.717, 1.165) is 6.66 Å². The molecule has 0 radical (unpaired) electrons. The number of carbonyl (C=O) groups is 1. The summed E-state index contributed by atoms with van der Waals surface area (Å²) in [5.74, 6) is -1.04. The molecule has 0 aliphatic rings. The van der Waals surface area contributed by atoms with Gasteiger partial charge in [0.15, 0.2) is 7.37 Å². The molecule has 0 saturated carbocycles. The van der Waals surface area contributed by atoms with E-state index in [1.165, 1.54) is 0 Å². The van der Waals surface area contributed by atoms with Crippen LogP contribution in [0.1, 0.15) is 6.42 Å². The second-order valence-corrected chi connectivity index (χ2v) is 4.47. The molecule has 0 aliphatic heterocycles. The predicted molar refractivity (Wildman–Crippen MR) is 41.4 cm³/mol. The van der Waals surface area contributed by atoms with Crippen molar-refractivity contribution in [2.45, 2.75) is 6.42 Å². The molecule has 0 aromatic heterocycles. The zero-order chi connectivity index (χ0) is 7.49. The molecule has 58 valence electrons. The first-order valence-corrected chi connectivity index (χ1v) is 4.72. The van der Waals surface area contributed by atoms with Crippen molar-refractivity contribution in [2.75, 3.05) is 12.8 Å². The molecule has 4 nitrogen and oxygen atoms in total. The van der Waals surface area contributed by atoms with E-state index in [9.17, 15) is 9.36 Å². The predicted octanol–water partition coefficient (Wildman–Crippen LogP) is -0.555. The molecule has 2 N–H and O–H groups in total. The van der Waals surface area contributed by atoms with Gasteiger partial charge in [-0.2, -0.15) is 0 Å². The Labute approximate surface area is 89.1 Å². The monoisotopic (exact) mass is 194 g/mol. The molecule has 0 heterocycles. The van der Waals surface area contributed by atoms with Crippen LogP contribution in [0.15, 0.2) is 0 Å². The number of carboxylic acids is 1. The summed E-state index contributed by atoms with van der Waals surface area (Å²) in [5.41, 5.74) is 0. The first-order chi connectivity index (χ1) is 3.92. The summed E-state index contributed by atoms with van der Waals surface area (Å²) in [6.45, 7) is 1.15. The summed E-state index contributed by atoms with van der Waals surface area (Å²) < 4.78 is 10.4. The van der Waals surface area contributed by atoms with Crippen LogP contribution >= 0.6 is 7.37 Å². The molecular formula is C4H11CaO4P. The van der Waals surface area contributed by atoms with E-state index >= 15 is 0 Å². The Kier molecular flexibility index (Phi) is 7.50. The molecule has 0 aliphatic carbocycles. The fraction of sp³-hybridized carbons (Fsp3) is 0.750. The molecule has 0 rings (SSSR count). The fourth-order valence-electron chi connectivity index (χ4n) is 0.303. The third kappa shape index (κ3) is 11.7. The molecule has 0 amide bonds. The molecule has 6 heteroatoms. The third-order valence-electron chi connectivity index (χ3n) is 0.741. The molecule has 10 heavy (non-hydrogen) atoms. The molecule has 0 bridgehead atoms. The number of hydrogen-bond acceptors (Lipinski definition) is 2. The first kappa shape index (κ1) is 13.5. The van der Waals surface area contributed by atoms with Gasteiger partial charge in [0.1, 0.15) is 0 Å². The normalized spacial score (nSPS) is 15.0. The molecule has 0 fully saturated rings. The molecule has 0 aromatic rings. The van der Waals surface area contributed by atoms with Crippen molar-refractivity contribution in [3.05, 3.63) is 0 Å². The molecule has 1 atom stereocenters. The Morgan fingerprint density at radius 1 is 1.60 bits per heavy atom. The van der Waals surface area contributed by atoms with Gasteiger partial charge in [0.05, 0.1) is 6.42 Å². The quantitative estimate of drug-likeness (QED) is 0.466. The summed E-state index contributed by atoms with van der Waals surface area (Å²) in [4.78, 5) is 18.4. The van der Waals surface area contributed by atoms with Crippen LogP contribution < -0.4 is 0 Å². The Bertz CT molecular complexity index is 151. The van der Waals surface area contributed by atoms with E-state index in [2.05, 4.69) is 0 Å². The second-order valence-electron chi connectivity index (χ2n) is 1.92. The van der Waals surface area contributed by atoms with E-state index in [0.29, 0.717) is 0 Å². The number of carboxylic acid groups (broad SMARTS) is 1. The summed E-state index contributed by atoms with van der Waals surface area (Å²) in [6.07, 6.45) is -0.368. The summed E-state index contributed by atoms with van der Waals surface area (Å²) >= 11 is 0. The van der Waals surface area contributed by atoms with Gasteiger partial charge < -0.3 is 10.00 Å². The van der Waals surface area contributed by atoms with Gasteiger partial charge in [0, 0.05) is 12.8 Å². The second kappa shape index (κ2) is 5.55. The van der Waals surface area contributed by atoms with Crippen LogP contribution in [0.5, 0.6) is 0 Å². The van der Waals surface area contributed by atoms with Crippen LogP contribution in [0.2, 0.25) is 0 Å². The third-order valence-corrected chi connectivity index (χ3v) is 1.79. The van der Waals surface area contributed by atoms with E-state index in [1.54, 1.807) is 0 Å². The van der Waals surface area contributed by atoms with Crippen LogP contribution in [0.25, 0.3) is 0 Å². The van der Waals surface area contributed by atoms with E-state index < -0.39 is 13.3 Å². The molecule has 0 saturated heterocycles. The zero-order valence-corrected chi connectivity index (χ0v) is 5.97. The van der Waals surface area contributed by atoms with Gasteiger partial charge in [0.2, 0.25) is 0 Å². The van der Waals surface area contributed by atoms with Crippen LogP contribution in [0.4, 0.5) is 0 Å². The Hall–Kier alpha value is 0.920. The van der Waals surface area contributed by atoms with Gasteiger partial charge in [-0.1, -0.05) is 0 Å². The van der Waals surface area contributed by atoms with Crippen LogP contribution in [-0.2, 0) is 9.36 Å². The zero-order valence-electron chi connectivity index (χ0n) is 5.07. The van der Waals surface area contributed by atoms with Gasteiger partial charge >= 0.3 is 43.7 Å². The van der Waals surface area contributed by atoms with Gasteiger partial charge in [-0.05, 0) is 0 Å².